The minimum Gasteiger partial charge on any atom is -0.264 e. The predicted molar refractivity (Wildman–Crippen MR) is 79.1 cm³/mol. The molecule has 1 aliphatic rings. The van der Waals surface area contributed by atoms with Gasteiger partial charge in [0.15, 0.2) is 5.69 Å². The second-order valence-corrected chi connectivity index (χ2v) is 6.88. The minimum atomic E-state index is -3.76. The maximum absolute atomic E-state index is 12.9. The number of sulfonamides is 1. The van der Waals surface area contributed by atoms with Crippen molar-refractivity contribution < 1.29 is 8.42 Å². The quantitative estimate of drug-likeness (QED) is 0.863. The summed E-state index contributed by atoms with van der Waals surface area (Å²) in [5, 5.41) is 9.10. The van der Waals surface area contributed by atoms with Crippen LogP contribution in [0.1, 0.15) is 30.1 Å². The fourth-order valence-corrected chi connectivity index (χ4v) is 4.52. The van der Waals surface area contributed by atoms with Crippen molar-refractivity contribution in [2.75, 3.05) is 6.54 Å². The van der Waals surface area contributed by atoms with E-state index in [1.807, 2.05) is 12.1 Å². The molecule has 1 aliphatic heterocycles. The van der Waals surface area contributed by atoms with E-state index in [1.165, 1.54) is 22.6 Å². The molecule has 112 valence electrons. The first-order valence-corrected chi connectivity index (χ1v) is 8.35. The lowest BCUT2D eigenvalue weighted by atomic mass is 10.1. The summed E-state index contributed by atoms with van der Waals surface area (Å²) in [6.45, 7) is 0.432. The second kappa shape index (κ2) is 5.83. The number of aromatic nitrogens is 2. The van der Waals surface area contributed by atoms with E-state index in [9.17, 15) is 8.42 Å². The average molecular weight is 314 g/mol. The highest BCUT2D eigenvalue weighted by Crippen LogP contribution is 2.36. The van der Waals surface area contributed by atoms with E-state index in [0.29, 0.717) is 6.54 Å². The Balaban J connectivity index is 2.04. The maximum Gasteiger partial charge on any atom is 0.246 e. The van der Waals surface area contributed by atoms with Crippen LogP contribution in [0.2, 0.25) is 0 Å². The molecular formula is C15H14N4O2S. The number of rotatable bonds is 3. The van der Waals surface area contributed by atoms with Gasteiger partial charge in [-0.1, -0.05) is 6.07 Å². The Bertz CT molecular complexity index is 815. The smallest absolute Gasteiger partial charge is 0.246 e. The van der Waals surface area contributed by atoms with Crippen molar-refractivity contribution in [1.29, 1.82) is 5.26 Å². The summed E-state index contributed by atoms with van der Waals surface area (Å²) in [5.74, 6) is 0. The Hall–Kier alpha value is -2.30. The van der Waals surface area contributed by atoms with Crippen molar-refractivity contribution in [3.8, 4) is 6.07 Å². The van der Waals surface area contributed by atoms with Gasteiger partial charge in [-0.05, 0) is 36.6 Å². The van der Waals surface area contributed by atoms with Gasteiger partial charge in [-0.2, -0.15) is 9.57 Å². The van der Waals surface area contributed by atoms with E-state index in [4.69, 9.17) is 5.26 Å². The van der Waals surface area contributed by atoms with Crippen molar-refractivity contribution in [1.82, 2.24) is 14.3 Å². The Morgan fingerprint density at radius 2 is 2.09 bits per heavy atom. The molecule has 0 spiro atoms. The summed E-state index contributed by atoms with van der Waals surface area (Å²) < 4.78 is 27.3. The van der Waals surface area contributed by atoms with E-state index in [1.54, 1.807) is 18.5 Å². The summed E-state index contributed by atoms with van der Waals surface area (Å²) in [6, 6.07) is 8.24. The van der Waals surface area contributed by atoms with Crippen molar-refractivity contribution in [3.05, 3.63) is 54.1 Å². The van der Waals surface area contributed by atoms with Crippen molar-refractivity contribution in [2.45, 2.75) is 23.8 Å². The summed E-state index contributed by atoms with van der Waals surface area (Å²) >= 11 is 0. The van der Waals surface area contributed by atoms with Gasteiger partial charge in [0, 0.05) is 25.1 Å². The van der Waals surface area contributed by atoms with Gasteiger partial charge in [0.05, 0.1) is 6.04 Å². The second-order valence-electron chi connectivity index (χ2n) is 5.02. The number of hydrogen-bond donors (Lipinski definition) is 0. The molecule has 2 aromatic heterocycles. The maximum atomic E-state index is 12.9. The number of hydrogen-bond acceptors (Lipinski definition) is 5. The van der Waals surface area contributed by atoms with Crippen molar-refractivity contribution >= 4 is 10.0 Å². The lowest BCUT2D eigenvalue weighted by Crippen LogP contribution is -2.31. The van der Waals surface area contributed by atoms with E-state index in [2.05, 4.69) is 9.97 Å². The van der Waals surface area contributed by atoms with Crippen LogP contribution in [-0.4, -0.2) is 29.2 Å². The Labute approximate surface area is 129 Å². The van der Waals surface area contributed by atoms with Crippen molar-refractivity contribution in [2.24, 2.45) is 0 Å². The number of pyridine rings is 2. The Morgan fingerprint density at radius 1 is 1.27 bits per heavy atom. The van der Waals surface area contributed by atoms with Gasteiger partial charge in [-0.3, -0.25) is 4.98 Å². The molecule has 0 N–H and O–H groups in total. The molecule has 0 amide bonds. The molecule has 22 heavy (non-hydrogen) atoms. The summed E-state index contributed by atoms with van der Waals surface area (Å²) in [4.78, 5) is 7.89. The number of nitrogens with zero attached hydrogens (tertiary/aromatic N) is 4. The monoisotopic (exact) mass is 314 g/mol. The zero-order valence-electron chi connectivity index (χ0n) is 11.8. The molecule has 6 nitrogen and oxygen atoms in total. The zero-order valence-corrected chi connectivity index (χ0v) is 12.6. The largest absolute Gasteiger partial charge is 0.264 e. The third-order valence-corrected chi connectivity index (χ3v) is 5.68. The van der Waals surface area contributed by atoms with Crippen molar-refractivity contribution in [3.63, 3.8) is 0 Å². The van der Waals surface area contributed by atoms with Crippen LogP contribution in [0, 0.1) is 11.3 Å². The lowest BCUT2D eigenvalue weighted by molar-refractivity contribution is 0.396. The average Bonchev–Trinajstić information content (AvgIpc) is 3.06. The summed E-state index contributed by atoms with van der Waals surface area (Å²) in [6.07, 6.45) is 6.29. The molecule has 0 radical (unpaired) electrons. The van der Waals surface area contributed by atoms with Crippen LogP contribution >= 0.6 is 0 Å². The molecule has 1 unspecified atom stereocenters. The normalized spacial score (nSPS) is 19.0. The molecule has 3 heterocycles. The third-order valence-electron chi connectivity index (χ3n) is 3.74. The van der Waals surface area contributed by atoms with Gasteiger partial charge in [0.1, 0.15) is 11.0 Å². The number of nitriles is 1. The van der Waals surface area contributed by atoms with Gasteiger partial charge in [0.25, 0.3) is 0 Å². The van der Waals surface area contributed by atoms with Gasteiger partial charge in [0.2, 0.25) is 10.0 Å². The third kappa shape index (κ3) is 2.47. The molecule has 1 saturated heterocycles. The van der Waals surface area contributed by atoms with Gasteiger partial charge >= 0.3 is 0 Å². The molecule has 1 atom stereocenters. The van der Waals surface area contributed by atoms with Crippen LogP contribution in [0.3, 0.4) is 0 Å². The molecular weight excluding hydrogens is 300 g/mol. The van der Waals surface area contributed by atoms with Gasteiger partial charge in [-0.15, -0.1) is 0 Å². The first-order chi connectivity index (χ1) is 10.6. The predicted octanol–water partition coefficient (Wildman–Crippen LogP) is 1.87. The topological polar surface area (TPSA) is 86.9 Å². The standard InChI is InChI=1S/C15H14N4O2S/c16-10-13-15(6-2-8-18-13)22(20,21)19-9-3-5-14(19)12-4-1-7-17-11-12/h1-2,4,6-8,11,14H,3,5,9H2. The van der Waals surface area contributed by atoms with E-state index in [-0.39, 0.29) is 16.6 Å². The first-order valence-electron chi connectivity index (χ1n) is 6.91. The molecule has 0 aromatic carbocycles. The molecule has 0 bridgehead atoms. The fraction of sp³-hybridized carbons (Fsp3) is 0.267. The first kappa shape index (κ1) is 14.6. The van der Waals surface area contributed by atoms with E-state index < -0.39 is 10.0 Å². The zero-order chi connectivity index (χ0) is 15.6. The minimum absolute atomic E-state index is 0.0340. The lowest BCUT2D eigenvalue weighted by Gasteiger charge is -2.24. The van der Waals surface area contributed by atoms with Gasteiger partial charge in [-0.25, -0.2) is 13.4 Å². The van der Waals surface area contributed by atoms with Crippen LogP contribution in [0.4, 0.5) is 0 Å². The van der Waals surface area contributed by atoms with E-state index >= 15 is 0 Å². The highest BCUT2D eigenvalue weighted by molar-refractivity contribution is 7.89. The van der Waals surface area contributed by atoms with E-state index in [0.717, 1.165) is 18.4 Å². The molecule has 2 aromatic rings. The SMILES string of the molecule is N#Cc1ncccc1S(=O)(=O)N1CCCC1c1cccnc1. The Morgan fingerprint density at radius 3 is 2.82 bits per heavy atom. The summed E-state index contributed by atoms with van der Waals surface area (Å²) in [7, 11) is -3.76. The fourth-order valence-electron chi connectivity index (χ4n) is 2.74. The van der Waals surface area contributed by atoms with Crippen LogP contribution in [0.5, 0.6) is 0 Å². The molecule has 7 heteroatoms. The van der Waals surface area contributed by atoms with Crippen LogP contribution in [0.15, 0.2) is 47.8 Å². The van der Waals surface area contributed by atoms with Gasteiger partial charge < -0.3 is 0 Å². The highest BCUT2D eigenvalue weighted by Gasteiger charge is 2.37. The van der Waals surface area contributed by atoms with Crippen LogP contribution in [0.25, 0.3) is 0 Å². The Kier molecular flexibility index (Phi) is 3.88. The highest BCUT2D eigenvalue weighted by atomic mass is 32.2. The summed E-state index contributed by atoms with van der Waals surface area (Å²) in [5.41, 5.74) is 0.797. The molecule has 0 aliphatic carbocycles. The van der Waals surface area contributed by atoms with Crippen LogP contribution < -0.4 is 0 Å². The molecule has 1 fully saturated rings. The molecule has 0 saturated carbocycles. The van der Waals surface area contributed by atoms with Crippen LogP contribution in [-0.2, 0) is 10.0 Å². The molecule has 3 rings (SSSR count).